The Labute approximate surface area is 168 Å². The lowest BCUT2D eigenvalue weighted by atomic mass is 10.00. The molecule has 2 aromatic carbocycles. The lowest BCUT2D eigenvalue weighted by Crippen LogP contribution is -2.48. The topological polar surface area (TPSA) is 41.6 Å². The summed E-state index contributed by atoms with van der Waals surface area (Å²) >= 11 is 0. The van der Waals surface area contributed by atoms with Crippen molar-refractivity contribution in [1.82, 2.24) is 10.2 Å². The molecule has 0 saturated carbocycles. The number of carbonyl (C=O) groups is 1. The Hall–Kier alpha value is -2.04. The van der Waals surface area contributed by atoms with E-state index in [4.69, 9.17) is 4.74 Å². The molecule has 1 heterocycles. The van der Waals surface area contributed by atoms with Crippen molar-refractivity contribution in [3.8, 4) is 5.75 Å². The second kappa shape index (κ2) is 10.3. The minimum absolute atomic E-state index is 0. The third kappa shape index (κ3) is 5.24. The third-order valence-electron chi connectivity index (χ3n) is 5.14. The van der Waals surface area contributed by atoms with E-state index in [1.165, 1.54) is 11.1 Å². The molecule has 1 N–H and O–H groups in total. The van der Waals surface area contributed by atoms with Crippen LogP contribution in [-0.2, 0) is 17.6 Å². The van der Waals surface area contributed by atoms with Crippen molar-refractivity contribution in [3.05, 3.63) is 65.2 Å². The number of nitrogens with one attached hydrogen (secondary N) is 1. The molecule has 4 nitrogen and oxygen atoms in total. The molecule has 0 aromatic heterocycles. The first-order valence-electron chi connectivity index (χ1n) is 9.44. The molecule has 1 aliphatic heterocycles. The molecule has 1 aliphatic rings. The number of amides is 1. The zero-order chi connectivity index (χ0) is 18.4. The maximum absolute atomic E-state index is 12.9. The van der Waals surface area contributed by atoms with Crippen molar-refractivity contribution < 1.29 is 9.53 Å². The zero-order valence-electron chi connectivity index (χ0n) is 16.1. The lowest BCUT2D eigenvalue weighted by Gasteiger charge is -2.37. The van der Waals surface area contributed by atoms with E-state index in [9.17, 15) is 4.79 Å². The van der Waals surface area contributed by atoms with Gasteiger partial charge in [-0.3, -0.25) is 4.79 Å². The van der Waals surface area contributed by atoms with E-state index in [1.54, 1.807) is 7.11 Å². The molecule has 146 valence electrons. The van der Waals surface area contributed by atoms with E-state index in [1.807, 2.05) is 29.2 Å². The normalized spacial score (nSPS) is 16.5. The summed E-state index contributed by atoms with van der Waals surface area (Å²) in [6, 6.07) is 16.7. The van der Waals surface area contributed by atoms with Gasteiger partial charge in [-0.05, 0) is 35.6 Å². The van der Waals surface area contributed by atoms with Gasteiger partial charge in [0.2, 0.25) is 5.91 Å². The Bertz CT molecular complexity index is 733. The van der Waals surface area contributed by atoms with E-state index in [0.29, 0.717) is 12.8 Å². The number of halogens is 1. The summed E-state index contributed by atoms with van der Waals surface area (Å²) < 4.78 is 5.40. The Balaban J connectivity index is 0.00000261. The lowest BCUT2D eigenvalue weighted by molar-refractivity contribution is -0.134. The van der Waals surface area contributed by atoms with Crippen LogP contribution in [0.25, 0.3) is 0 Å². The van der Waals surface area contributed by atoms with Crippen LogP contribution in [0.3, 0.4) is 0 Å². The summed E-state index contributed by atoms with van der Waals surface area (Å²) in [5.74, 6) is 1.06. The summed E-state index contributed by atoms with van der Waals surface area (Å²) in [7, 11) is 1.67. The number of ether oxygens (including phenoxy) is 1. The minimum Gasteiger partial charge on any atom is -0.496 e. The van der Waals surface area contributed by atoms with Crippen LogP contribution in [0.15, 0.2) is 48.5 Å². The van der Waals surface area contributed by atoms with Crippen LogP contribution in [-0.4, -0.2) is 37.6 Å². The Morgan fingerprint density at radius 3 is 2.63 bits per heavy atom. The van der Waals surface area contributed by atoms with Gasteiger partial charge >= 0.3 is 0 Å². The number of nitrogens with zero attached hydrogens (tertiary/aromatic N) is 1. The fraction of sp³-hybridized carbons (Fsp3) is 0.409. The molecule has 5 heteroatoms. The Kier molecular flexibility index (Phi) is 8.14. The average Bonchev–Trinajstić information content (AvgIpc) is 2.72. The number of rotatable bonds is 6. The van der Waals surface area contributed by atoms with E-state index in [0.717, 1.165) is 37.4 Å². The van der Waals surface area contributed by atoms with Gasteiger partial charge in [0.15, 0.2) is 0 Å². The van der Waals surface area contributed by atoms with Gasteiger partial charge in [0.25, 0.3) is 0 Å². The molecule has 1 fully saturated rings. The van der Waals surface area contributed by atoms with Gasteiger partial charge in [-0.25, -0.2) is 0 Å². The van der Waals surface area contributed by atoms with E-state index in [2.05, 4.69) is 36.5 Å². The van der Waals surface area contributed by atoms with Gasteiger partial charge in [0.05, 0.1) is 13.2 Å². The summed E-state index contributed by atoms with van der Waals surface area (Å²) in [6.07, 6.45) is 2.24. The first-order valence-corrected chi connectivity index (χ1v) is 9.44. The molecule has 0 radical (unpaired) electrons. The largest absolute Gasteiger partial charge is 0.496 e. The predicted octanol–water partition coefficient (Wildman–Crippen LogP) is 3.79. The Morgan fingerprint density at radius 2 is 1.93 bits per heavy atom. The van der Waals surface area contributed by atoms with E-state index in [-0.39, 0.29) is 24.4 Å². The van der Waals surface area contributed by atoms with Crippen LogP contribution in [0, 0.1) is 0 Å². The molecule has 1 atom stereocenters. The van der Waals surface area contributed by atoms with Crippen LogP contribution in [0.1, 0.15) is 36.1 Å². The van der Waals surface area contributed by atoms with Crippen LogP contribution in [0.4, 0.5) is 0 Å². The second-order valence-corrected chi connectivity index (χ2v) is 6.71. The summed E-state index contributed by atoms with van der Waals surface area (Å²) in [5.41, 5.74) is 3.62. The van der Waals surface area contributed by atoms with Crippen molar-refractivity contribution in [2.24, 2.45) is 0 Å². The molecule has 27 heavy (non-hydrogen) atoms. The number of carbonyl (C=O) groups excluding carboxylic acids is 1. The van der Waals surface area contributed by atoms with Gasteiger partial charge in [-0.15, -0.1) is 12.4 Å². The molecular formula is C22H29ClN2O2. The molecule has 0 bridgehead atoms. The molecule has 1 unspecified atom stereocenters. The minimum atomic E-state index is 0. The SMILES string of the molecule is CCc1ccc(C2CNCCN2C(=O)CCc2ccccc2OC)cc1.Cl. The zero-order valence-corrected chi connectivity index (χ0v) is 16.9. The monoisotopic (exact) mass is 388 g/mol. The molecule has 2 aromatic rings. The number of methoxy groups -OCH3 is 1. The quantitative estimate of drug-likeness (QED) is 0.818. The summed E-state index contributed by atoms with van der Waals surface area (Å²) in [4.78, 5) is 15.0. The number of piperazine rings is 1. The number of hydrogen-bond donors (Lipinski definition) is 1. The van der Waals surface area contributed by atoms with Crippen LogP contribution in [0.2, 0.25) is 0 Å². The number of para-hydroxylation sites is 1. The van der Waals surface area contributed by atoms with E-state index >= 15 is 0 Å². The van der Waals surface area contributed by atoms with Gasteiger partial charge in [-0.2, -0.15) is 0 Å². The Morgan fingerprint density at radius 1 is 1.19 bits per heavy atom. The van der Waals surface area contributed by atoms with Crippen molar-refractivity contribution in [1.29, 1.82) is 0 Å². The van der Waals surface area contributed by atoms with Crippen LogP contribution in [0.5, 0.6) is 5.75 Å². The summed E-state index contributed by atoms with van der Waals surface area (Å²) in [6.45, 7) is 4.58. The number of aryl methyl sites for hydroxylation is 2. The average molecular weight is 389 g/mol. The second-order valence-electron chi connectivity index (χ2n) is 6.71. The van der Waals surface area contributed by atoms with Crippen molar-refractivity contribution in [2.75, 3.05) is 26.7 Å². The molecule has 1 saturated heterocycles. The van der Waals surface area contributed by atoms with Crippen LogP contribution < -0.4 is 10.1 Å². The van der Waals surface area contributed by atoms with Crippen molar-refractivity contribution in [3.63, 3.8) is 0 Å². The highest BCUT2D eigenvalue weighted by Gasteiger charge is 2.27. The molecular weight excluding hydrogens is 360 g/mol. The van der Waals surface area contributed by atoms with Crippen LogP contribution >= 0.6 is 12.4 Å². The maximum Gasteiger partial charge on any atom is 0.223 e. The first kappa shape index (κ1) is 21.3. The van der Waals surface area contributed by atoms with E-state index < -0.39 is 0 Å². The highest BCUT2D eigenvalue weighted by molar-refractivity contribution is 5.85. The molecule has 1 amide bonds. The predicted molar refractivity (Wildman–Crippen MR) is 112 cm³/mol. The highest BCUT2D eigenvalue weighted by Crippen LogP contribution is 2.25. The molecule has 3 rings (SSSR count). The standard InChI is InChI=1S/C22H28N2O2.ClH/c1-3-17-8-10-18(11-9-17)20-16-23-14-15-24(20)22(25)13-12-19-6-4-5-7-21(19)26-2;/h4-11,20,23H,3,12-16H2,1-2H3;1H. The number of benzene rings is 2. The first-order chi connectivity index (χ1) is 12.7. The molecule has 0 aliphatic carbocycles. The van der Waals surface area contributed by atoms with Gasteiger partial charge < -0.3 is 15.0 Å². The smallest absolute Gasteiger partial charge is 0.223 e. The summed E-state index contributed by atoms with van der Waals surface area (Å²) in [5, 5.41) is 3.42. The van der Waals surface area contributed by atoms with Crippen molar-refractivity contribution >= 4 is 18.3 Å². The van der Waals surface area contributed by atoms with Gasteiger partial charge in [-0.1, -0.05) is 49.4 Å². The molecule has 0 spiro atoms. The fourth-order valence-electron chi connectivity index (χ4n) is 3.57. The van der Waals surface area contributed by atoms with Gasteiger partial charge in [0, 0.05) is 26.1 Å². The fourth-order valence-corrected chi connectivity index (χ4v) is 3.57. The third-order valence-corrected chi connectivity index (χ3v) is 5.14. The number of hydrogen-bond acceptors (Lipinski definition) is 3. The maximum atomic E-state index is 12.9. The van der Waals surface area contributed by atoms with Gasteiger partial charge in [0.1, 0.15) is 5.75 Å². The highest BCUT2D eigenvalue weighted by atomic mass is 35.5. The van der Waals surface area contributed by atoms with Crippen molar-refractivity contribution in [2.45, 2.75) is 32.2 Å².